The molecule has 0 spiro atoms. The SMILES string of the molecule is N#CCNC(=O)[C@H]1NC2CCC1CC2. The lowest BCUT2D eigenvalue weighted by Crippen LogP contribution is -2.58. The lowest BCUT2D eigenvalue weighted by atomic mass is 9.76. The molecule has 3 aliphatic rings. The Kier molecular flexibility index (Phi) is 2.69. The second-order valence-corrected chi connectivity index (χ2v) is 4.13. The zero-order chi connectivity index (χ0) is 9.97. The lowest BCUT2D eigenvalue weighted by molar-refractivity contribution is -0.126. The van der Waals surface area contributed by atoms with E-state index in [4.69, 9.17) is 5.26 Å². The van der Waals surface area contributed by atoms with Gasteiger partial charge in [0.15, 0.2) is 0 Å². The first kappa shape index (κ1) is 9.47. The molecule has 2 aliphatic heterocycles. The van der Waals surface area contributed by atoms with Gasteiger partial charge in [-0.15, -0.1) is 0 Å². The fraction of sp³-hybridized carbons (Fsp3) is 0.800. The van der Waals surface area contributed by atoms with Crippen LogP contribution in [-0.2, 0) is 4.79 Å². The first-order chi connectivity index (χ1) is 6.81. The van der Waals surface area contributed by atoms with Crippen LogP contribution in [0.2, 0.25) is 0 Å². The molecule has 2 N–H and O–H groups in total. The molecule has 0 aromatic rings. The smallest absolute Gasteiger partial charge is 0.238 e. The first-order valence-electron chi connectivity index (χ1n) is 5.22. The van der Waals surface area contributed by atoms with E-state index < -0.39 is 0 Å². The minimum Gasteiger partial charge on any atom is -0.342 e. The summed E-state index contributed by atoms with van der Waals surface area (Å²) in [7, 11) is 0. The van der Waals surface area contributed by atoms with Crippen LogP contribution in [0.5, 0.6) is 0 Å². The third kappa shape index (κ3) is 1.73. The number of amides is 1. The fourth-order valence-electron chi connectivity index (χ4n) is 2.54. The van der Waals surface area contributed by atoms with E-state index >= 15 is 0 Å². The van der Waals surface area contributed by atoms with E-state index in [9.17, 15) is 4.79 Å². The van der Waals surface area contributed by atoms with Crippen LogP contribution in [0.25, 0.3) is 0 Å². The maximum atomic E-state index is 11.6. The van der Waals surface area contributed by atoms with Crippen LogP contribution < -0.4 is 10.6 Å². The van der Waals surface area contributed by atoms with Crippen molar-refractivity contribution >= 4 is 5.91 Å². The Bertz CT molecular complexity index is 263. The first-order valence-corrected chi connectivity index (χ1v) is 5.22. The van der Waals surface area contributed by atoms with E-state index in [-0.39, 0.29) is 18.5 Å². The Balaban J connectivity index is 1.92. The topological polar surface area (TPSA) is 64.9 Å². The molecule has 2 bridgehead atoms. The molecule has 0 aromatic carbocycles. The summed E-state index contributed by atoms with van der Waals surface area (Å²) in [6.07, 6.45) is 4.71. The third-order valence-corrected chi connectivity index (χ3v) is 3.28. The van der Waals surface area contributed by atoms with Crippen molar-refractivity contribution in [1.82, 2.24) is 10.6 Å². The average Bonchev–Trinajstić information content (AvgIpc) is 2.27. The fourth-order valence-corrected chi connectivity index (χ4v) is 2.54. The average molecular weight is 193 g/mol. The number of hydrogen-bond donors (Lipinski definition) is 2. The number of carbonyl (C=O) groups is 1. The predicted molar refractivity (Wildman–Crippen MR) is 51.3 cm³/mol. The molecule has 76 valence electrons. The summed E-state index contributed by atoms with van der Waals surface area (Å²) in [6, 6.07) is 2.40. The van der Waals surface area contributed by atoms with Gasteiger partial charge < -0.3 is 10.6 Å². The van der Waals surface area contributed by atoms with Crippen molar-refractivity contribution < 1.29 is 4.79 Å². The summed E-state index contributed by atoms with van der Waals surface area (Å²) < 4.78 is 0. The Morgan fingerprint density at radius 3 is 2.64 bits per heavy atom. The third-order valence-electron chi connectivity index (χ3n) is 3.28. The van der Waals surface area contributed by atoms with Crippen LogP contribution in [0.4, 0.5) is 0 Å². The van der Waals surface area contributed by atoms with Gasteiger partial charge in [0.2, 0.25) is 5.91 Å². The van der Waals surface area contributed by atoms with Gasteiger partial charge in [-0.1, -0.05) is 0 Å². The van der Waals surface area contributed by atoms with Crippen molar-refractivity contribution in [2.24, 2.45) is 5.92 Å². The predicted octanol–water partition coefficient (Wildman–Crippen LogP) is 0.157. The second kappa shape index (κ2) is 3.97. The molecule has 2 saturated heterocycles. The molecule has 0 aromatic heterocycles. The summed E-state index contributed by atoms with van der Waals surface area (Å²) in [5.74, 6) is 0.486. The highest BCUT2D eigenvalue weighted by Gasteiger charge is 2.38. The van der Waals surface area contributed by atoms with Crippen LogP contribution in [0.3, 0.4) is 0 Å². The molecule has 1 atom stereocenters. The van der Waals surface area contributed by atoms with Crippen LogP contribution in [-0.4, -0.2) is 24.5 Å². The standard InChI is InChI=1S/C10H15N3O/c11-5-6-12-10(14)9-7-1-3-8(13-9)4-2-7/h7-9,13H,1-4,6H2,(H,12,14)/t7?,8?,9-/m0/s1. The molecule has 4 heteroatoms. The maximum Gasteiger partial charge on any atom is 0.238 e. The number of carbonyl (C=O) groups excluding carboxylic acids is 1. The minimum absolute atomic E-state index is 0.000880. The highest BCUT2D eigenvalue weighted by molar-refractivity contribution is 5.82. The van der Waals surface area contributed by atoms with Crippen LogP contribution in [0.1, 0.15) is 25.7 Å². The number of nitrogens with one attached hydrogen (secondary N) is 2. The van der Waals surface area contributed by atoms with Crippen molar-refractivity contribution in [2.45, 2.75) is 37.8 Å². The molecular weight excluding hydrogens is 178 g/mol. The molecular formula is C10H15N3O. The number of hydrogen-bond acceptors (Lipinski definition) is 3. The van der Waals surface area contributed by atoms with Gasteiger partial charge in [0, 0.05) is 6.04 Å². The van der Waals surface area contributed by atoms with E-state index in [1.165, 1.54) is 12.8 Å². The number of piperidine rings is 2. The van der Waals surface area contributed by atoms with Crippen molar-refractivity contribution in [3.8, 4) is 6.07 Å². The second-order valence-electron chi connectivity index (χ2n) is 4.13. The van der Waals surface area contributed by atoms with Crippen molar-refractivity contribution in [3.63, 3.8) is 0 Å². The quantitative estimate of drug-likeness (QED) is 0.614. The molecule has 1 amide bonds. The molecule has 1 saturated carbocycles. The van der Waals surface area contributed by atoms with Crippen molar-refractivity contribution in [1.29, 1.82) is 5.26 Å². The van der Waals surface area contributed by atoms with Gasteiger partial charge in [0.25, 0.3) is 0 Å². The molecule has 3 rings (SSSR count). The largest absolute Gasteiger partial charge is 0.342 e. The number of nitriles is 1. The van der Waals surface area contributed by atoms with Gasteiger partial charge in [-0.3, -0.25) is 4.79 Å². The summed E-state index contributed by atoms with van der Waals surface area (Å²) >= 11 is 0. The van der Waals surface area contributed by atoms with Gasteiger partial charge in [-0.2, -0.15) is 5.26 Å². The number of fused-ring (bicyclic) bond motifs is 3. The Labute approximate surface area is 83.7 Å². The Morgan fingerprint density at radius 2 is 2.14 bits per heavy atom. The van der Waals surface area contributed by atoms with Crippen molar-refractivity contribution in [2.75, 3.05) is 6.54 Å². The van der Waals surface area contributed by atoms with Gasteiger partial charge >= 0.3 is 0 Å². The zero-order valence-electron chi connectivity index (χ0n) is 8.12. The van der Waals surface area contributed by atoms with E-state index in [2.05, 4.69) is 10.6 Å². The molecule has 2 heterocycles. The van der Waals surface area contributed by atoms with Crippen molar-refractivity contribution in [3.05, 3.63) is 0 Å². The molecule has 14 heavy (non-hydrogen) atoms. The minimum atomic E-state index is -0.0455. The molecule has 1 aliphatic carbocycles. The molecule has 3 fully saturated rings. The Morgan fingerprint density at radius 1 is 1.43 bits per heavy atom. The number of nitrogens with zero attached hydrogens (tertiary/aromatic N) is 1. The summed E-state index contributed by atoms with van der Waals surface area (Å²) in [4.78, 5) is 11.6. The summed E-state index contributed by atoms with van der Waals surface area (Å²) in [5, 5.41) is 14.3. The highest BCUT2D eigenvalue weighted by atomic mass is 16.2. The monoisotopic (exact) mass is 193 g/mol. The molecule has 4 nitrogen and oxygen atoms in total. The summed E-state index contributed by atoms with van der Waals surface area (Å²) in [5.41, 5.74) is 0. The summed E-state index contributed by atoms with van der Waals surface area (Å²) in [6.45, 7) is 0.119. The van der Waals surface area contributed by atoms with Crippen LogP contribution >= 0.6 is 0 Å². The normalized spacial score (nSPS) is 34.9. The van der Waals surface area contributed by atoms with Gasteiger partial charge in [-0.05, 0) is 31.6 Å². The van der Waals surface area contributed by atoms with E-state index in [1.54, 1.807) is 0 Å². The van der Waals surface area contributed by atoms with Crippen LogP contribution in [0, 0.1) is 17.2 Å². The van der Waals surface area contributed by atoms with Gasteiger partial charge in [0.05, 0.1) is 12.1 Å². The van der Waals surface area contributed by atoms with Crippen LogP contribution in [0.15, 0.2) is 0 Å². The van der Waals surface area contributed by atoms with E-state index in [0.29, 0.717) is 12.0 Å². The number of rotatable bonds is 2. The Hall–Kier alpha value is -1.08. The van der Waals surface area contributed by atoms with Gasteiger partial charge in [-0.25, -0.2) is 0 Å². The van der Waals surface area contributed by atoms with Gasteiger partial charge in [0.1, 0.15) is 6.54 Å². The highest BCUT2D eigenvalue weighted by Crippen LogP contribution is 2.32. The maximum absolute atomic E-state index is 11.6. The lowest BCUT2D eigenvalue weighted by Gasteiger charge is -2.42. The molecule has 0 radical (unpaired) electrons. The van der Waals surface area contributed by atoms with E-state index in [0.717, 1.165) is 12.8 Å². The zero-order valence-corrected chi connectivity index (χ0v) is 8.12. The molecule has 0 unspecified atom stereocenters. The van der Waals surface area contributed by atoms with E-state index in [1.807, 2.05) is 6.07 Å².